The van der Waals surface area contributed by atoms with Gasteiger partial charge in [-0.1, -0.05) is 30.3 Å². The number of aromatic nitrogens is 3. The van der Waals surface area contributed by atoms with Crippen LogP contribution in [0.25, 0.3) is 10.8 Å². The van der Waals surface area contributed by atoms with Crippen LogP contribution in [-0.4, -0.2) is 41.4 Å². The number of rotatable bonds is 2. The molecule has 0 saturated heterocycles. The summed E-state index contributed by atoms with van der Waals surface area (Å²) in [5.41, 5.74) is 0. The predicted molar refractivity (Wildman–Crippen MR) is 83.4 cm³/mol. The summed E-state index contributed by atoms with van der Waals surface area (Å²) >= 11 is 0. The van der Waals surface area contributed by atoms with Gasteiger partial charge in [0.05, 0.1) is 12.4 Å². The Balaban J connectivity index is 0.000000292. The van der Waals surface area contributed by atoms with Crippen molar-refractivity contribution in [2.45, 2.75) is 9.79 Å². The van der Waals surface area contributed by atoms with Gasteiger partial charge < -0.3 is 0 Å². The van der Waals surface area contributed by atoms with E-state index in [4.69, 9.17) is 9.11 Å². The van der Waals surface area contributed by atoms with E-state index in [0.717, 1.165) is 6.07 Å². The zero-order valence-corrected chi connectivity index (χ0v) is 13.5. The first-order chi connectivity index (χ1) is 11.2. The molecule has 2 aromatic carbocycles. The molecule has 3 aromatic rings. The quantitative estimate of drug-likeness (QED) is 0.636. The third-order valence-corrected chi connectivity index (χ3v) is 4.77. The van der Waals surface area contributed by atoms with Gasteiger partial charge in [-0.2, -0.15) is 16.8 Å². The molecule has 0 saturated carbocycles. The van der Waals surface area contributed by atoms with E-state index in [0.29, 0.717) is 5.39 Å². The lowest BCUT2D eigenvalue weighted by Gasteiger charge is -2.08. The lowest BCUT2D eigenvalue weighted by molar-refractivity contribution is 0.467. The van der Waals surface area contributed by atoms with Crippen LogP contribution in [0.5, 0.6) is 0 Å². The van der Waals surface area contributed by atoms with Crippen LogP contribution in [-0.2, 0) is 20.2 Å². The predicted octanol–water partition coefficient (Wildman–Crippen LogP) is 1.20. The van der Waals surface area contributed by atoms with E-state index in [1.54, 1.807) is 30.6 Å². The summed E-state index contributed by atoms with van der Waals surface area (Å²) in [5, 5.41) is 10.6. The van der Waals surface area contributed by atoms with Gasteiger partial charge in [-0.3, -0.25) is 9.11 Å². The van der Waals surface area contributed by atoms with E-state index in [2.05, 4.69) is 15.4 Å². The lowest BCUT2D eigenvalue weighted by Crippen LogP contribution is -2.09. The minimum Gasteiger partial charge on any atom is -0.282 e. The Hall–Kier alpha value is -2.47. The molecule has 0 aliphatic carbocycles. The molecule has 9 nitrogen and oxygen atoms in total. The highest BCUT2D eigenvalue weighted by Crippen LogP contribution is 2.29. The molecular formula is C13H11N3O6S2. The van der Waals surface area contributed by atoms with Gasteiger partial charge in [-0.15, -0.1) is 10.2 Å². The van der Waals surface area contributed by atoms with Gasteiger partial charge >= 0.3 is 0 Å². The molecule has 0 aliphatic heterocycles. The molecule has 24 heavy (non-hydrogen) atoms. The van der Waals surface area contributed by atoms with Crippen molar-refractivity contribution < 1.29 is 25.9 Å². The third-order valence-electron chi connectivity index (χ3n) is 2.79. The molecule has 2 N–H and O–H groups in total. The van der Waals surface area contributed by atoms with Crippen LogP contribution in [0.1, 0.15) is 0 Å². The fraction of sp³-hybridized carbons (Fsp3) is 0. The minimum atomic E-state index is -4.78. The van der Waals surface area contributed by atoms with E-state index < -0.39 is 30.0 Å². The monoisotopic (exact) mass is 369 g/mol. The summed E-state index contributed by atoms with van der Waals surface area (Å²) in [4.78, 5) is -1.66. The molecule has 3 rings (SSSR count). The summed E-state index contributed by atoms with van der Waals surface area (Å²) in [5.74, 6) is 0. The Morgan fingerprint density at radius 2 is 1.38 bits per heavy atom. The summed E-state index contributed by atoms with van der Waals surface area (Å²) in [7, 11) is -9.53. The van der Waals surface area contributed by atoms with Crippen molar-refractivity contribution in [2.24, 2.45) is 0 Å². The van der Waals surface area contributed by atoms with Crippen molar-refractivity contribution in [1.82, 2.24) is 15.4 Å². The molecule has 0 spiro atoms. The number of hydrogen-bond acceptors (Lipinski definition) is 7. The van der Waals surface area contributed by atoms with Gasteiger partial charge in [0.1, 0.15) is 9.79 Å². The highest BCUT2D eigenvalue weighted by Gasteiger charge is 2.26. The van der Waals surface area contributed by atoms with Crippen molar-refractivity contribution in [3.8, 4) is 0 Å². The van der Waals surface area contributed by atoms with Crippen LogP contribution in [0, 0.1) is 0 Å². The molecule has 0 bridgehead atoms. The second-order valence-electron chi connectivity index (χ2n) is 4.38. The van der Waals surface area contributed by atoms with Crippen LogP contribution in [0.3, 0.4) is 0 Å². The molecule has 1 aromatic heterocycles. The first-order valence-corrected chi connectivity index (χ1v) is 9.14. The number of fused-ring (bicyclic) bond motifs is 1. The van der Waals surface area contributed by atoms with E-state index in [9.17, 15) is 16.8 Å². The van der Waals surface area contributed by atoms with Crippen LogP contribution in [0.4, 0.5) is 0 Å². The number of nitrogens with zero attached hydrogens (tertiary/aromatic N) is 3. The van der Waals surface area contributed by atoms with Crippen LogP contribution >= 0.6 is 0 Å². The van der Waals surface area contributed by atoms with Gasteiger partial charge in [-0.05, 0) is 22.7 Å². The van der Waals surface area contributed by atoms with Gasteiger partial charge in [0.2, 0.25) is 0 Å². The average Bonchev–Trinajstić information content (AvgIpc) is 2.54. The van der Waals surface area contributed by atoms with Crippen molar-refractivity contribution in [3.05, 3.63) is 54.9 Å². The third kappa shape index (κ3) is 4.29. The first kappa shape index (κ1) is 17.9. The Bertz CT molecular complexity index is 1030. The van der Waals surface area contributed by atoms with E-state index in [1.165, 1.54) is 18.2 Å². The molecule has 0 atom stereocenters. The van der Waals surface area contributed by atoms with Crippen LogP contribution in [0.2, 0.25) is 0 Å². The van der Waals surface area contributed by atoms with Crippen molar-refractivity contribution >= 4 is 31.0 Å². The maximum Gasteiger partial charge on any atom is 0.296 e. The first-order valence-electron chi connectivity index (χ1n) is 6.26. The lowest BCUT2D eigenvalue weighted by atomic mass is 10.1. The van der Waals surface area contributed by atoms with Gasteiger partial charge in [0, 0.05) is 5.39 Å². The van der Waals surface area contributed by atoms with Crippen molar-refractivity contribution in [1.29, 1.82) is 0 Å². The molecule has 0 radical (unpaired) electrons. The number of benzene rings is 2. The molecule has 0 aliphatic rings. The van der Waals surface area contributed by atoms with E-state index >= 15 is 0 Å². The largest absolute Gasteiger partial charge is 0.296 e. The normalized spacial score (nSPS) is 11.6. The van der Waals surface area contributed by atoms with E-state index in [-0.39, 0.29) is 5.39 Å². The summed E-state index contributed by atoms with van der Waals surface area (Å²) < 4.78 is 63.0. The van der Waals surface area contributed by atoms with Crippen molar-refractivity contribution in [3.63, 3.8) is 0 Å². The summed E-state index contributed by atoms with van der Waals surface area (Å²) in [6.45, 7) is 0. The zero-order valence-electron chi connectivity index (χ0n) is 11.9. The Labute approximate surface area is 137 Å². The maximum atomic E-state index is 11.3. The molecular weight excluding hydrogens is 358 g/mol. The fourth-order valence-electron chi connectivity index (χ4n) is 1.90. The van der Waals surface area contributed by atoms with Crippen LogP contribution < -0.4 is 0 Å². The molecule has 0 unspecified atom stereocenters. The second-order valence-corrected chi connectivity index (χ2v) is 7.12. The Morgan fingerprint density at radius 3 is 1.83 bits per heavy atom. The molecule has 11 heteroatoms. The SMILES string of the molecule is O=S(=O)(O)c1ccc2ccccc2c1S(=O)(=O)O.c1cnnnc1. The van der Waals surface area contributed by atoms with Gasteiger partial charge in [0.15, 0.2) is 0 Å². The summed E-state index contributed by atoms with van der Waals surface area (Å²) in [6.07, 6.45) is 3.15. The maximum absolute atomic E-state index is 11.3. The fourth-order valence-corrected chi connectivity index (χ4v) is 3.90. The molecule has 0 fully saturated rings. The summed E-state index contributed by atoms with van der Waals surface area (Å²) in [6, 6.07) is 10.00. The zero-order chi connectivity index (χ0) is 17.8. The number of hydrogen-bond donors (Lipinski definition) is 2. The smallest absolute Gasteiger partial charge is 0.282 e. The highest BCUT2D eigenvalue weighted by atomic mass is 32.2. The minimum absolute atomic E-state index is 0.0233. The highest BCUT2D eigenvalue weighted by molar-refractivity contribution is 7.89. The standard InChI is InChI=1S/C10H8O6S2.C3H3N3/c11-17(12,13)9-6-5-7-3-1-2-4-8(7)10(9)18(14,15)16;1-2-4-6-5-3-1/h1-6H,(H,11,12,13)(H,14,15,16);1-3H. The Kier molecular flexibility index (Phi) is 5.19. The van der Waals surface area contributed by atoms with Gasteiger partial charge in [-0.25, -0.2) is 0 Å². The average molecular weight is 369 g/mol. The molecule has 0 amide bonds. The molecule has 1 heterocycles. The van der Waals surface area contributed by atoms with Crippen molar-refractivity contribution in [2.75, 3.05) is 0 Å². The second kappa shape index (κ2) is 6.97. The Morgan fingerprint density at radius 1 is 0.750 bits per heavy atom. The van der Waals surface area contributed by atoms with Crippen LogP contribution in [0.15, 0.2) is 64.6 Å². The molecule has 126 valence electrons. The topological polar surface area (TPSA) is 147 Å². The van der Waals surface area contributed by atoms with E-state index in [1.807, 2.05) is 0 Å². The van der Waals surface area contributed by atoms with Gasteiger partial charge in [0.25, 0.3) is 20.2 Å².